The van der Waals surface area contributed by atoms with Crippen molar-refractivity contribution < 1.29 is 9.84 Å². The average molecular weight is 142 g/mol. The SMILES string of the molecule is CCOC1(C2(O)CC2)CC1. The smallest absolute Gasteiger partial charge is 0.0970 e. The lowest BCUT2D eigenvalue weighted by molar-refractivity contribution is -0.0679. The van der Waals surface area contributed by atoms with Crippen LogP contribution in [0.15, 0.2) is 0 Å². The highest BCUT2D eigenvalue weighted by atomic mass is 16.5. The Morgan fingerprint density at radius 3 is 2.20 bits per heavy atom. The fourth-order valence-electron chi connectivity index (χ4n) is 1.71. The first kappa shape index (κ1) is 6.62. The van der Waals surface area contributed by atoms with Crippen LogP contribution < -0.4 is 0 Å². The molecule has 2 nitrogen and oxygen atoms in total. The summed E-state index contributed by atoms with van der Waals surface area (Å²) in [6, 6.07) is 0. The first-order valence-electron chi connectivity index (χ1n) is 4.09. The fraction of sp³-hybridized carbons (Fsp3) is 1.00. The Balaban J connectivity index is 2.01. The highest BCUT2D eigenvalue weighted by molar-refractivity contribution is 5.18. The third kappa shape index (κ3) is 0.722. The number of aliphatic hydroxyl groups is 1. The molecule has 0 aliphatic heterocycles. The standard InChI is InChI=1S/C8H14O2/c1-2-10-8(5-6-8)7(9)3-4-7/h9H,2-6H2,1H3. The van der Waals surface area contributed by atoms with Gasteiger partial charge >= 0.3 is 0 Å². The Bertz CT molecular complexity index is 145. The highest BCUT2D eigenvalue weighted by Gasteiger charge is 2.66. The van der Waals surface area contributed by atoms with E-state index in [2.05, 4.69) is 0 Å². The molecule has 2 heteroatoms. The van der Waals surface area contributed by atoms with E-state index in [1.807, 2.05) is 6.92 Å². The van der Waals surface area contributed by atoms with Gasteiger partial charge in [-0.05, 0) is 32.6 Å². The molecule has 2 fully saturated rings. The molecule has 2 rings (SSSR count). The van der Waals surface area contributed by atoms with Crippen molar-refractivity contribution in [3.05, 3.63) is 0 Å². The van der Waals surface area contributed by atoms with Crippen molar-refractivity contribution in [3.63, 3.8) is 0 Å². The molecular weight excluding hydrogens is 128 g/mol. The van der Waals surface area contributed by atoms with E-state index in [1.54, 1.807) is 0 Å². The van der Waals surface area contributed by atoms with E-state index in [9.17, 15) is 5.11 Å². The lowest BCUT2D eigenvalue weighted by Crippen LogP contribution is -2.33. The maximum atomic E-state index is 9.73. The van der Waals surface area contributed by atoms with Crippen LogP contribution in [0, 0.1) is 0 Å². The van der Waals surface area contributed by atoms with E-state index in [0.717, 1.165) is 32.3 Å². The van der Waals surface area contributed by atoms with Gasteiger partial charge in [0.1, 0.15) is 0 Å². The third-order valence-electron chi connectivity index (χ3n) is 2.70. The van der Waals surface area contributed by atoms with Crippen LogP contribution in [-0.2, 0) is 4.74 Å². The summed E-state index contributed by atoms with van der Waals surface area (Å²) >= 11 is 0. The maximum absolute atomic E-state index is 9.73. The van der Waals surface area contributed by atoms with Gasteiger partial charge in [0, 0.05) is 6.61 Å². The van der Waals surface area contributed by atoms with Crippen LogP contribution in [0.5, 0.6) is 0 Å². The van der Waals surface area contributed by atoms with Gasteiger partial charge in [-0.25, -0.2) is 0 Å². The molecule has 0 heterocycles. The highest BCUT2D eigenvalue weighted by Crippen LogP contribution is 2.59. The topological polar surface area (TPSA) is 29.5 Å². The van der Waals surface area contributed by atoms with Crippen LogP contribution >= 0.6 is 0 Å². The number of hydrogen-bond donors (Lipinski definition) is 1. The lowest BCUT2D eigenvalue weighted by atomic mass is 10.1. The molecule has 0 radical (unpaired) electrons. The normalized spacial score (nSPS) is 31.8. The summed E-state index contributed by atoms with van der Waals surface area (Å²) in [5.41, 5.74) is -0.509. The Kier molecular flexibility index (Phi) is 1.15. The van der Waals surface area contributed by atoms with Gasteiger partial charge in [-0.3, -0.25) is 0 Å². The van der Waals surface area contributed by atoms with E-state index >= 15 is 0 Å². The van der Waals surface area contributed by atoms with Gasteiger partial charge in [0.15, 0.2) is 0 Å². The van der Waals surface area contributed by atoms with Gasteiger partial charge in [0.2, 0.25) is 0 Å². The minimum Gasteiger partial charge on any atom is -0.387 e. The largest absolute Gasteiger partial charge is 0.387 e. The summed E-state index contributed by atoms with van der Waals surface area (Å²) in [7, 11) is 0. The predicted octanol–water partition coefficient (Wildman–Crippen LogP) is 1.08. The zero-order valence-electron chi connectivity index (χ0n) is 6.39. The molecule has 0 spiro atoms. The van der Waals surface area contributed by atoms with Crippen molar-refractivity contribution in [3.8, 4) is 0 Å². The molecule has 2 aliphatic rings. The first-order chi connectivity index (χ1) is 4.72. The van der Waals surface area contributed by atoms with Crippen molar-refractivity contribution in [2.24, 2.45) is 0 Å². The van der Waals surface area contributed by atoms with Crippen molar-refractivity contribution in [2.75, 3.05) is 6.61 Å². The molecule has 1 N–H and O–H groups in total. The number of ether oxygens (including phenoxy) is 1. The van der Waals surface area contributed by atoms with Crippen molar-refractivity contribution in [1.29, 1.82) is 0 Å². The molecule has 0 saturated heterocycles. The molecular formula is C8H14O2. The molecule has 0 aromatic heterocycles. The van der Waals surface area contributed by atoms with Gasteiger partial charge in [-0.15, -0.1) is 0 Å². The molecule has 10 heavy (non-hydrogen) atoms. The molecule has 0 aromatic carbocycles. The van der Waals surface area contributed by atoms with Crippen LogP contribution in [0.3, 0.4) is 0 Å². The van der Waals surface area contributed by atoms with Crippen LogP contribution in [0.2, 0.25) is 0 Å². The number of rotatable bonds is 3. The van der Waals surface area contributed by atoms with Crippen LogP contribution in [0.4, 0.5) is 0 Å². The van der Waals surface area contributed by atoms with Gasteiger partial charge in [-0.1, -0.05) is 0 Å². The molecule has 0 atom stereocenters. The lowest BCUT2D eigenvalue weighted by Gasteiger charge is -2.20. The second-order valence-corrected chi connectivity index (χ2v) is 3.46. The second kappa shape index (κ2) is 1.74. The summed E-state index contributed by atoms with van der Waals surface area (Å²) in [4.78, 5) is 0. The monoisotopic (exact) mass is 142 g/mol. The van der Waals surface area contributed by atoms with E-state index < -0.39 is 5.60 Å². The molecule has 0 aromatic rings. The molecule has 0 bridgehead atoms. The summed E-state index contributed by atoms with van der Waals surface area (Å²) < 4.78 is 5.52. The van der Waals surface area contributed by atoms with E-state index in [4.69, 9.17) is 4.74 Å². The average Bonchev–Trinajstić information content (AvgIpc) is 2.69. The first-order valence-corrected chi connectivity index (χ1v) is 4.09. The Morgan fingerprint density at radius 2 is 1.90 bits per heavy atom. The molecule has 58 valence electrons. The Morgan fingerprint density at radius 1 is 1.30 bits per heavy atom. The molecule has 2 aliphatic carbocycles. The summed E-state index contributed by atoms with van der Waals surface area (Å²) in [6.45, 7) is 2.73. The summed E-state index contributed by atoms with van der Waals surface area (Å²) in [5.74, 6) is 0. The van der Waals surface area contributed by atoms with Gasteiger partial charge in [-0.2, -0.15) is 0 Å². The fourth-order valence-corrected chi connectivity index (χ4v) is 1.71. The van der Waals surface area contributed by atoms with E-state index in [1.165, 1.54) is 0 Å². The third-order valence-corrected chi connectivity index (χ3v) is 2.70. The maximum Gasteiger partial charge on any atom is 0.0970 e. The van der Waals surface area contributed by atoms with E-state index in [-0.39, 0.29) is 5.60 Å². The van der Waals surface area contributed by atoms with Crippen LogP contribution in [0.25, 0.3) is 0 Å². The zero-order valence-corrected chi connectivity index (χ0v) is 6.39. The molecule has 0 unspecified atom stereocenters. The molecule has 2 saturated carbocycles. The zero-order chi connectivity index (χ0) is 7.24. The molecule has 0 amide bonds. The predicted molar refractivity (Wildman–Crippen MR) is 37.8 cm³/mol. The van der Waals surface area contributed by atoms with Crippen molar-refractivity contribution in [1.82, 2.24) is 0 Å². The van der Waals surface area contributed by atoms with E-state index in [0.29, 0.717) is 0 Å². The summed E-state index contributed by atoms with van der Waals surface area (Å²) in [6.07, 6.45) is 4.04. The van der Waals surface area contributed by atoms with Gasteiger partial charge in [0.25, 0.3) is 0 Å². The summed E-state index contributed by atoms with van der Waals surface area (Å²) in [5, 5.41) is 9.73. The van der Waals surface area contributed by atoms with Crippen molar-refractivity contribution >= 4 is 0 Å². The Labute approximate surface area is 61.2 Å². The quantitative estimate of drug-likeness (QED) is 0.639. The van der Waals surface area contributed by atoms with Gasteiger partial charge in [0.05, 0.1) is 11.2 Å². The van der Waals surface area contributed by atoms with Crippen LogP contribution in [-0.4, -0.2) is 22.9 Å². The number of hydrogen-bond acceptors (Lipinski definition) is 2. The van der Waals surface area contributed by atoms with Crippen molar-refractivity contribution in [2.45, 2.75) is 43.8 Å². The second-order valence-electron chi connectivity index (χ2n) is 3.46. The minimum absolute atomic E-state index is 0.0955. The van der Waals surface area contributed by atoms with Crippen LogP contribution in [0.1, 0.15) is 32.6 Å². The Hall–Kier alpha value is -0.0800. The van der Waals surface area contributed by atoms with Gasteiger partial charge < -0.3 is 9.84 Å². The minimum atomic E-state index is -0.414.